The Morgan fingerprint density at radius 3 is 2.73 bits per heavy atom. The number of rotatable bonds is 3. The van der Waals surface area contributed by atoms with Crippen LogP contribution in [-0.4, -0.2) is 12.6 Å². The summed E-state index contributed by atoms with van der Waals surface area (Å²) in [5.74, 6) is 0. The Morgan fingerprint density at radius 1 is 1.07 bits per heavy atom. The maximum absolute atomic E-state index is 10.0. The van der Waals surface area contributed by atoms with Gasteiger partial charge in [0.2, 0.25) is 6.41 Å². The number of carbonyl (C=O) groups is 1. The molecule has 0 unspecified atom stereocenters. The highest BCUT2D eigenvalue weighted by molar-refractivity contribution is 5.99. The normalized spacial score (nSPS) is 10.7. The van der Waals surface area contributed by atoms with E-state index in [4.69, 9.17) is 0 Å². The summed E-state index contributed by atoms with van der Waals surface area (Å²) in [5.41, 5.74) is 3.24. The molecule has 0 saturated heterocycles. The Balaban J connectivity index is 2.46. The first-order valence-electron chi connectivity index (χ1n) is 4.62. The molecule has 74 valence electrons. The number of amides is 1. The lowest BCUT2D eigenvalue weighted by molar-refractivity contribution is -0.109. The molecule has 0 fully saturated rings. The van der Waals surface area contributed by atoms with Gasteiger partial charge in [-0.1, -0.05) is 42.5 Å². The third kappa shape index (κ3) is 2.02. The molecule has 2 aromatic rings. The molecule has 2 aromatic carbocycles. The molecule has 0 aromatic heterocycles. The van der Waals surface area contributed by atoms with Crippen LogP contribution in [-0.2, 0) is 4.79 Å². The summed E-state index contributed by atoms with van der Waals surface area (Å²) in [6.45, 7) is 0. The minimum Gasteiger partial charge on any atom is -0.277 e. The van der Waals surface area contributed by atoms with Crippen molar-refractivity contribution < 1.29 is 4.79 Å². The first kappa shape index (κ1) is 9.40. The molecular weight excluding hydrogens is 188 g/mol. The molecule has 15 heavy (non-hydrogen) atoms. The summed E-state index contributed by atoms with van der Waals surface area (Å²) in [7, 11) is 0. The fourth-order valence-electron chi connectivity index (χ4n) is 1.50. The third-order valence-corrected chi connectivity index (χ3v) is 2.15. The van der Waals surface area contributed by atoms with Crippen LogP contribution >= 0.6 is 0 Å². The van der Waals surface area contributed by atoms with Gasteiger partial charge in [0.25, 0.3) is 0 Å². The summed E-state index contributed by atoms with van der Waals surface area (Å²) in [6, 6.07) is 14.0. The van der Waals surface area contributed by atoms with Crippen molar-refractivity contribution in [2.75, 3.05) is 0 Å². The molecule has 1 N–H and O–H groups in total. The predicted octanol–water partition coefficient (Wildman–Crippen LogP) is 1.92. The number of nitrogens with zero attached hydrogens (tertiary/aromatic N) is 1. The zero-order valence-corrected chi connectivity index (χ0v) is 8.05. The summed E-state index contributed by atoms with van der Waals surface area (Å²) in [4.78, 5) is 10.0. The van der Waals surface area contributed by atoms with E-state index in [9.17, 15) is 4.79 Å². The third-order valence-electron chi connectivity index (χ3n) is 2.15. The maximum atomic E-state index is 10.0. The maximum Gasteiger partial charge on any atom is 0.227 e. The first-order valence-corrected chi connectivity index (χ1v) is 4.62. The van der Waals surface area contributed by atoms with E-state index in [0.29, 0.717) is 6.41 Å². The highest BCUT2D eigenvalue weighted by atomic mass is 16.1. The molecule has 1 amide bonds. The van der Waals surface area contributed by atoms with Crippen molar-refractivity contribution in [3.63, 3.8) is 0 Å². The zero-order chi connectivity index (χ0) is 10.5. The monoisotopic (exact) mass is 198 g/mol. The minimum atomic E-state index is 0.543. The van der Waals surface area contributed by atoms with E-state index in [1.165, 1.54) is 0 Å². The molecule has 3 heteroatoms. The van der Waals surface area contributed by atoms with E-state index < -0.39 is 0 Å². The molecule has 0 radical (unpaired) electrons. The van der Waals surface area contributed by atoms with Crippen molar-refractivity contribution in [1.29, 1.82) is 0 Å². The SMILES string of the molecule is O=CN/N=C/c1cccc2ccccc12. The van der Waals surface area contributed by atoms with Gasteiger partial charge in [-0.2, -0.15) is 5.10 Å². The predicted molar refractivity (Wildman–Crippen MR) is 60.7 cm³/mol. The summed E-state index contributed by atoms with van der Waals surface area (Å²) in [5, 5.41) is 6.05. The van der Waals surface area contributed by atoms with Gasteiger partial charge in [-0.15, -0.1) is 0 Å². The van der Waals surface area contributed by atoms with Crippen LogP contribution in [0.15, 0.2) is 47.6 Å². The van der Waals surface area contributed by atoms with Crippen LogP contribution in [0, 0.1) is 0 Å². The van der Waals surface area contributed by atoms with Crippen LogP contribution in [0.2, 0.25) is 0 Å². The van der Waals surface area contributed by atoms with Crippen LogP contribution in [0.1, 0.15) is 5.56 Å². The van der Waals surface area contributed by atoms with Crippen LogP contribution in [0.5, 0.6) is 0 Å². The zero-order valence-electron chi connectivity index (χ0n) is 8.05. The summed E-state index contributed by atoms with van der Waals surface area (Å²) < 4.78 is 0. The average Bonchev–Trinajstić information content (AvgIpc) is 2.30. The molecule has 0 aliphatic heterocycles. The van der Waals surface area contributed by atoms with Crippen molar-refractivity contribution in [3.8, 4) is 0 Å². The van der Waals surface area contributed by atoms with E-state index >= 15 is 0 Å². The number of nitrogens with one attached hydrogen (secondary N) is 1. The van der Waals surface area contributed by atoms with E-state index in [0.717, 1.165) is 16.3 Å². The largest absolute Gasteiger partial charge is 0.277 e. The van der Waals surface area contributed by atoms with Crippen LogP contribution in [0.25, 0.3) is 10.8 Å². The first-order chi connectivity index (χ1) is 7.42. The van der Waals surface area contributed by atoms with E-state index in [2.05, 4.69) is 10.5 Å². The molecule has 0 saturated carbocycles. The summed E-state index contributed by atoms with van der Waals surface area (Å²) in [6.07, 6.45) is 2.18. The molecule has 3 nitrogen and oxygen atoms in total. The molecule has 0 heterocycles. The fraction of sp³-hybridized carbons (Fsp3) is 0. The van der Waals surface area contributed by atoms with Crippen molar-refractivity contribution in [1.82, 2.24) is 5.43 Å². The van der Waals surface area contributed by atoms with Crippen molar-refractivity contribution in [2.45, 2.75) is 0 Å². The summed E-state index contributed by atoms with van der Waals surface area (Å²) >= 11 is 0. The van der Waals surface area contributed by atoms with Gasteiger partial charge in [0.05, 0.1) is 6.21 Å². The van der Waals surface area contributed by atoms with E-state index in [-0.39, 0.29) is 0 Å². The lowest BCUT2D eigenvalue weighted by Crippen LogP contribution is -2.00. The smallest absolute Gasteiger partial charge is 0.227 e. The standard InChI is InChI=1S/C12H10N2O/c15-9-14-13-8-11-6-3-5-10-4-1-2-7-12(10)11/h1-9H,(H,14,15)/b13-8+. The lowest BCUT2D eigenvalue weighted by Gasteiger charge is -2.00. The van der Waals surface area contributed by atoms with Gasteiger partial charge in [-0.05, 0) is 10.8 Å². The Bertz CT molecular complexity index is 500. The molecule has 0 atom stereocenters. The molecule has 0 aliphatic rings. The van der Waals surface area contributed by atoms with Crippen molar-refractivity contribution in [3.05, 3.63) is 48.0 Å². The number of hydrogen-bond donors (Lipinski definition) is 1. The Morgan fingerprint density at radius 2 is 1.87 bits per heavy atom. The molecule has 0 aliphatic carbocycles. The van der Waals surface area contributed by atoms with Crippen LogP contribution < -0.4 is 5.43 Å². The minimum absolute atomic E-state index is 0.543. The van der Waals surface area contributed by atoms with Gasteiger partial charge in [0.15, 0.2) is 0 Å². The Labute approximate surface area is 87.4 Å². The van der Waals surface area contributed by atoms with Crippen LogP contribution in [0.3, 0.4) is 0 Å². The van der Waals surface area contributed by atoms with Gasteiger partial charge < -0.3 is 0 Å². The second-order valence-corrected chi connectivity index (χ2v) is 3.07. The second-order valence-electron chi connectivity index (χ2n) is 3.07. The number of carbonyl (C=O) groups excluding carboxylic acids is 1. The van der Waals surface area contributed by atoms with Crippen molar-refractivity contribution in [2.24, 2.45) is 5.10 Å². The lowest BCUT2D eigenvalue weighted by atomic mass is 10.1. The number of benzene rings is 2. The second kappa shape index (κ2) is 4.37. The number of fused-ring (bicyclic) bond motifs is 1. The van der Waals surface area contributed by atoms with Gasteiger partial charge in [0, 0.05) is 5.56 Å². The number of hydrogen-bond acceptors (Lipinski definition) is 2. The topological polar surface area (TPSA) is 41.5 Å². The average molecular weight is 198 g/mol. The number of hydrazone groups is 1. The quantitative estimate of drug-likeness (QED) is 0.457. The van der Waals surface area contributed by atoms with Crippen LogP contribution in [0.4, 0.5) is 0 Å². The Kier molecular flexibility index (Phi) is 2.74. The molecule has 0 bridgehead atoms. The van der Waals surface area contributed by atoms with E-state index in [1.54, 1.807) is 6.21 Å². The van der Waals surface area contributed by atoms with Gasteiger partial charge in [-0.25, -0.2) is 5.43 Å². The van der Waals surface area contributed by atoms with Gasteiger partial charge in [0.1, 0.15) is 0 Å². The highest BCUT2D eigenvalue weighted by Crippen LogP contribution is 2.16. The van der Waals surface area contributed by atoms with Gasteiger partial charge >= 0.3 is 0 Å². The Hall–Kier alpha value is -2.16. The van der Waals surface area contributed by atoms with Gasteiger partial charge in [-0.3, -0.25) is 4.79 Å². The molecular formula is C12H10N2O. The molecule has 0 spiro atoms. The van der Waals surface area contributed by atoms with E-state index in [1.807, 2.05) is 42.5 Å². The highest BCUT2D eigenvalue weighted by Gasteiger charge is 1.95. The fourth-order valence-corrected chi connectivity index (χ4v) is 1.50. The molecule has 2 rings (SSSR count). The van der Waals surface area contributed by atoms with Crippen molar-refractivity contribution >= 4 is 23.4 Å².